The first kappa shape index (κ1) is 14.2. The summed E-state index contributed by atoms with van der Waals surface area (Å²) in [5.41, 5.74) is 1.81. The van der Waals surface area contributed by atoms with E-state index in [1.54, 1.807) is 17.0 Å². The third-order valence-electron chi connectivity index (χ3n) is 2.78. The Morgan fingerprint density at radius 1 is 1.25 bits per heavy atom. The minimum atomic E-state index is -0.164. The van der Waals surface area contributed by atoms with Gasteiger partial charge in [-0.15, -0.1) is 11.3 Å². The minimum Gasteiger partial charge on any atom is -0.400 e. The Labute approximate surface area is 118 Å². The van der Waals surface area contributed by atoms with Crippen LogP contribution in [0.3, 0.4) is 0 Å². The number of aryl methyl sites for hydroxylation is 1. The van der Waals surface area contributed by atoms with Crippen LogP contribution < -0.4 is 5.69 Å². The number of hydrogen-bond donors (Lipinski definition) is 1. The molecular weight excluding hydrogens is 278 g/mol. The molecule has 2 aromatic heterocycles. The van der Waals surface area contributed by atoms with Crippen LogP contribution in [0.2, 0.25) is 0 Å². The van der Waals surface area contributed by atoms with Crippen LogP contribution in [0.5, 0.6) is 0 Å². The van der Waals surface area contributed by atoms with Gasteiger partial charge in [0.25, 0.3) is 0 Å². The Kier molecular flexibility index (Phi) is 4.11. The molecule has 2 heterocycles. The highest BCUT2D eigenvalue weighted by Gasteiger charge is 2.14. The summed E-state index contributed by atoms with van der Waals surface area (Å²) in [6, 6.07) is 7.48. The number of carbonyl (C=O) groups excluding carboxylic acids is 1. The zero-order valence-corrected chi connectivity index (χ0v) is 11.8. The van der Waals surface area contributed by atoms with E-state index in [1.165, 1.54) is 15.9 Å². The largest absolute Gasteiger partial charge is 0.400 e. The molecule has 0 bridgehead atoms. The van der Waals surface area contributed by atoms with Crippen molar-refractivity contribution >= 4 is 28.7 Å². The van der Waals surface area contributed by atoms with Crippen molar-refractivity contribution in [3.8, 4) is 5.13 Å². The molecule has 0 spiro atoms. The predicted molar refractivity (Wildman–Crippen MR) is 77.7 cm³/mol. The fourth-order valence-corrected chi connectivity index (χ4v) is 2.69. The lowest BCUT2D eigenvalue weighted by Crippen LogP contribution is -2.20. The molecule has 0 unspecified atom stereocenters. The van der Waals surface area contributed by atoms with Gasteiger partial charge in [0.1, 0.15) is 5.69 Å². The summed E-state index contributed by atoms with van der Waals surface area (Å²) < 4.78 is 3.09. The van der Waals surface area contributed by atoms with Crippen molar-refractivity contribution in [1.29, 1.82) is 0 Å². The highest BCUT2D eigenvalue weighted by molar-refractivity contribution is 7.12. The first-order chi connectivity index (χ1) is 9.72. The number of thiazole rings is 1. The van der Waals surface area contributed by atoms with E-state index in [1.807, 2.05) is 24.3 Å². The maximum atomic E-state index is 12.2. The molecule has 0 atom stereocenters. The van der Waals surface area contributed by atoms with Crippen LogP contribution in [-0.4, -0.2) is 32.6 Å². The molecule has 3 aromatic rings. The molecule has 0 saturated carbocycles. The smallest absolute Gasteiger partial charge is 0.335 e. The number of imidazole rings is 1. The van der Waals surface area contributed by atoms with E-state index < -0.39 is 0 Å². The summed E-state index contributed by atoms with van der Waals surface area (Å²) in [7, 11) is 2.72. The molecule has 0 fully saturated rings. The molecule has 20 heavy (non-hydrogen) atoms. The first-order valence-electron chi connectivity index (χ1n) is 5.74. The summed E-state index contributed by atoms with van der Waals surface area (Å²) in [6.07, 6.45) is 0.677. The second-order valence-corrected chi connectivity index (χ2v) is 4.68. The normalized spacial score (nSPS) is 10.2. The number of aromatic nitrogens is 3. The topological polar surface area (TPSA) is 77.1 Å². The number of fused-ring (bicyclic) bond motifs is 1. The standard InChI is InChI=1S/C12H9N3O2S.CH4O/c1-14-9-4-2-3-5-10(9)15(12(14)17)11-13-8(6-16)7-18-11;1-2/h2-7H,1H3;2H,1H3. The Balaban J connectivity index is 0.000000704. The fourth-order valence-electron chi connectivity index (χ4n) is 1.91. The minimum absolute atomic E-state index is 0.164. The molecule has 6 nitrogen and oxygen atoms in total. The van der Waals surface area contributed by atoms with Crippen molar-refractivity contribution in [2.75, 3.05) is 7.11 Å². The molecule has 0 amide bonds. The van der Waals surface area contributed by atoms with Crippen LogP contribution >= 0.6 is 11.3 Å². The number of nitrogens with zero attached hydrogens (tertiary/aromatic N) is 3. The maximum absolute atomic E-state index is 12.2. The zero-order valence-electron chi connectivity index (χ0n) is 11.0. The van der Waals surface area contributed by atoms with Gasteiger partial charge in [-0.05, 0) is 12.1 Å². The number of carbonyl (C=O) groups is 1. The van der Waals surface area contributed by atoms with Gasteiger partial charge in [-0.2, -0.15) is 0 Å². The Hall–Kier alpha value is -2.25. The molecule has 0 radical (unpaired) electrons. The van der Waals surface area contributed by atoms with E-state index in [2.05, 4.69) is 4.98 Å². The predicted octanol–water partition coefficient (Wildman–Crippen LogP) is 1.21. The van der Waals surface area contributed by atoms with Crippen LogP contribution in [-0.2, 0) is 7.05 Å². The molecule has 0 aliphatic heterocycles. The van der Waals surface area contributed by atoms with E-state index >= 15 is 0 Å². The van der Waals surface area contributed by atoms with E-state index in [0.29, 0.717) is 17.1 Å². The molecule has 7 heteroatoms. The van der Waals surface area contributed by atoms with Crippen LogP contribution in [0.1, 0.15) is 10.5 Å². The molecule has 1 aromatic carbocycles. The number of aliphatic hydroxyl groups is 1. The lowest BCUT2D eigenvalue weighted by molar-refractivity contribution is 0.111. The fraction of sp³-hybridized carbons (Fsp3) is 0.154. The summed E-state index contributed by atoms with van der Waals surface area (Å²) in [4.78, 5) is 27.0. The number of benzene rings is 1. The van der Waals surface area contributed by atoms with Gasteiger partial charge in [0.05, 0.1) is 11.0 Å². The SMILES string of the molecule is CO.Cn1c(=O)n(-c2nc(C=O)cs2)c2ccccc21. The number of aldehydes is 1. The van der Waals surface area contributed by atoms with E-state index in [4.69, 9.17) is 5.11 Å². The number of hydrogen-bond acceptors (Lipinski definition) is 5. The Morgan fingerprint density at radius 2 is 1.90 bits per heavy atom. The second kappa shape index (κ2) is 5.81. The Bertz CT molecular complexity index is 801. The van der Waals surface area contributed by atoms with Crippen molar-refractivity contribution in [1.82, 2.24) is 14.1 Å². The third-order valence-corrected chi connectivity index (χ3v) is 3.63. The molecule has 0 saturated heterocycles. The van der Waals surface area contributed by atoms with Gasteiger partial charge in [-0.1, -0.05) is 12.1 Å². The maximum Gasteiger partial charge on any atom is 0.335 e. The van der Waals surface area contributed by atoms with Crippen molar-refractivity contribution in [2.45, 2.75) is 0 Å². The summed E-state index contributed by atoms with van der Waals surface area (Å²) >= 11 is 1.28. The van der Waals surface area contributed by atoms with E-state index in [0.717, 1.165) is 18.1 Å². The molecule has 1 N–H and O–H groups in total. The van der Waals surface area contributed by atoms with Gasteiger partial charge in [-0.25, -0.2) is 14.3 Å². The van der Waals surface area contributed by atoms with Crippen molar-refractivity contribution in [3.05, 3.63) is 45.8 Å². The summed E-state index contributed by atoms with van der Waals surface area (Å²) in [6.45, 7) is 0. The average molecular weight is 291 g/mol. The van der Waals surface area contributed by atoms with Crippen LogP contribution in [0.4, 0.5) is 0 Å². The van der Waals surface area contributed by atoms with Crippen LogP contribution in [0.25, 0.3) is 16.2 Å². The molecule has 0 aliphatic rings. The van der Waals surface area contributed by atoms with Gasteiger partial charge >= 0.3 is 5.69 Å². The quantitative estimate of drug-likeness (QED) is 0.720. The summed E-state index contributed by atoms with van der Waals surface area (Å²) in [5, 5.41) is 9.15. The average Bonchev–Trinajstić information content (AvgIpc) is 3.06. The lowest BCUT2D eigenvalue weighted by atomic mass is 10.3. The zero-order chi connectivity index (χ0) is 14.7. The highest BCUT2D eigenvalue weighted by Crippen LogP contribution is 2.19. The molecule has 104 valence electrons. The highest BCUT2D eigenvalue weighted by atomic mass is 32.1. The number of aliphatic hydroxyl groups excluding tert-OH is 1. The van der Waals surface area contributed by atoms with Gasteiger partial charge in [0.2, 0.25) is 0 Å². The van der Waals surface area contributed by atoms with E-state index in [-0.39, 0.29) is 5.69 Å². The van der Waals surface area contributed by atoms with Crippen LogP contribution in [0.15, 0.2) is 34.4 Å². The monoisotopic (exact) mass is 291 g/mol. The number of para-hydroxylation sites is 2. The van der Waals surface area contributed by atoms with Crippen LogP contribution in [0, 0.1) is 0 Å². The first-order valence-corrected chi connectivity index (χ1v) is 6.62. The van der Waals surface area contributed by atoms with Gasteiger partial charge in [0, 0.05) is 19.5 Å². The van der Waals surface area contributed by atoms with Crippen molar-refractivity contribution in [3.63, 3.8) is 0 Å². The van der Waals surface area contributed by atoms with E-state index in [9.17, 15) is 9.59 Å². The van der Waals surface area contributed by atoms with Crippen molar-refractivity contribution < 1.29 is 9.90 Å². The summed E-state index contributed by atoms with van der Waals surface area (Å²) in [5.74, 6) is 0. The van der Waals surface area contributed by atoms with Gasteiger partial charge in [0.15, 0.2) is 11.4 Å². The number of rotatable bonds is 2. The van der Waals surface area contributed by atoms with Crippen molar-refractivity contribution in [2.24, 2.45) is 7.05 Å². The third kappa shape index (κ3) is 2.17. The molecular formula is C13H13N3O3S. The Morgan fingerprint density at radius 3 is 2.50 bits per heavy atom. The van der Waals surface area contributed by atoms with Gasteiger partial charge in [-0.3, -0.25) is 9.36 Å². The second-order valence-electron chi connectivity index (χ2n) is 3.84. The molecule has 3 rings (SSSR count). The molecule has 0 aliphatic carbocycles. The lowest BCUT2D eigenvalue weighted by Gasteiger charge is -1.96. The van der Waals surface area contributed by atoms with Gasteiger partial charge < -0.3 is 5.11 Å².